The molecule has 144 valence electrons. The molecule has 1 spiro atoms. The maximum absolute atomic E-state index is 9.00. The van der Waals surface area contributed by atoms with Crippen LogP contribution in [0.4, 0.5) is 0 Å². The Morgan fingerprint density at radius 1 is 0.929 bits per heavy atom. The van der Waals surface area contributed by atoms with Crippen LogP contribution in [0.5, 0.6) is 5.75 Å². The summed E-state index contributed by atoms with van der Waals surface area (Å²) in [7, 11) is 0. The van der Waals surface area contributed by atoms with Gasteiger partial charge in [-0.25, -0.2) is 0 Å². The lowest BCUT2D eigenvalue weighted by Crippen LogP contribution is -2.50. The first-order valence-corrected chi connectivity index (χ1v) is 10.8. The number of rotatable bonds is 2. The average Bonchev–Trinajstić information content (AvgIpc) is 3.11. The van der Waals surface area contributed by atoms with Crippen LogP contribution in [0.25, 0.3) is 11.1 Å². The molecule has 28 heavy (non-hydrogen) atoms. The van der Waals surface area contributed by atoms with Crippen LogP contribution >= 0.6 is 0 Å². The first kappa shape index (κ1) is 17.8. The summed E-state index contributed by atoms with van der Waals surface area (Å²) in [6.45, 7) is 2.36. The summed E-state index contributed by atoms with van der Waals surface area (Å²) in [6, 6.07) is 17.4. The summed E-state index contributed by atoms with van der Waals surface area (Å²) in [5, 5.41) is 9.00. The van der Waals surface area contributed by atoms with Crippen molar-refractivity contribution in [3.05, 3.63) is 53.6 Å². The van der Waals surface area contributed by atoms with E-state index >= 15 is 0 Å². The van der Waals surface area contributed by atoms with Crippen LogP contribution in [0.1, 0.15) is 56.1 Å². The molecule has 1 saturated heterocycles. The lowest BCUT2D eigenvalue weighted by atomic mass is 9.84. The minimum atomic E-state index is 0.0107. The molecule has 2 aliphatic heterocycles. The molecular formula is C25H28N2O. The lowest BCUT2D eigenvalue weighted by Gasteiger charge is -2.43. The predicted molar refractivity (Wildman–Crippen MR) is 111 cm³/mol. The number of nitriles is 1. The van der Waals surface area contributed by atoms with E-state index < -0.39 is 0 Å². The Morgan fingerprint density at radius 2 is 1.64 bits per heavy atom. The van der Waals surface area contributed by atoms with E-state index in [0.717, 1.165) is 36.6 Å². The number of ether oxygens (including phenoxy) is 1. The zero-order valence-electron chi connectivity index (χ0n) is 16.5. The SMILES string of the molecule is N#Cc1ccc(-c2ccc3c(c2)CC2(CCN(C4CCCCC4)CC2)O3)cc1. The highest BCUT2D eigenvalue weighted by molar-refractivity contribution is 5.67. The zero-order valence-corrected chi connectivity index (χ0v) is 16.5. The number of fused-ring (bicyclic) bond motifs is 1. The summed E-state index contributed by atoms with van der Waals surface area (Å²) in [4.78, 5) is 2.74. The van der Waals surface area contributed by atoms with Crippen molar-refractivity contribution < 1.29 is 4.74 Å². The molecule has 3 aliphatic rings. The largest absolute Gasteiger partial charge is 0.487 e. The third-order valence-electron chi connectivity index (χ3n) is 7.05. The van der Waals surface area contributed by atoms with Gasteiger partial charge in [0.05, 0.1) is 11.6 Å². The molecule has 2 fully saturated rings. The second-order valence-electron chi connectivity index (χ2n) is 8.80. The average molecular weight is 373 g/mol. The van der Waals surface area contributed by atoms with Gasteiger partial charge in [-0.2, -0.15) is 5.26 Å². The van der Waals surface area contributed by atoms with E-state index in [9.17, 15) is 0 Å². The molecule has 5 rings (SSSR count). The Balaban J connectivity index is 1.28. The Kier molecular flexibility index (Phi) is 4.61. The van der Waals surface area contributed by atoms with Gasteiger partial charge in [0.2, 0.25) is 0 Å². The molecule has 2 aromatic rings. The normalized spacial score (nSPS) is 21.8. The number of likely N-dealkylation sites (tertiary alicyclic amines) is 1. The van der Waals surface area contributed by atoms with E-state index in [1.54, 1.807) is 0 Å². The number of benzene rings is 2. The summed E-state index contributed by atoms with van der Waals surface area (Å²) in [5.41, 5.74) is 4.43. The molecular weight excluding hydrogens is 344 g/mol. The Labute approximate surface area is 167 Å². The number of hydrogen-bond donors (Lipinski definition) is 0. The second-order valence-corrected chi connectivity index (χ2v) is 8.80. The van der Waals surface area contributed by atoms with E-state index in [-0.39, 0.29) is 5.60 Å². The van der Waals surface area contributed by atoms with Gasteiger partial charge in [0, 0.05) is 38.4 Å². The third-order valence-corrected chi connectivity index (χ3v) is 7.05. The van der Waals surface area contributed by atoms with Crippen LogP contribution in [-0.2, 0) is 6.42 Å². The maximum atomic E-state index is 9.00. The summed E-state index contributed by atoms with van der Waals surface area (Å²) in [6.07, 6.45) is 10.3. The molecule has 3 nitrogen and oxygen atoms in total. The van der Waals surface area contributed by atoms with Gasteiger partial charge in [-0.3, -0.25) is 0 Å². The van der Waals surface area contributed by atoms with Crippen molar-refractivity contribution in [2.24, 2.45) is 0 Å². The maximum Gasteiger partial charge on any atom is 0.123 e. The lowest BCUT2D eigenvalue weighted by molar-refractivity contribution is -0.0000515. The Morgan fingerprint density at radius 3 is 2.36 bits per heavy atom. The van der Waals surface area contributed by atoms with Gasteiger partial charge < -0.3 is 9.64 Å². The van der Waals surface area contributed by atoms with Gasteiger partial charge in [-0.05, 0) is 53.8 Å². The standard InChI is InChI=1S/C25H28N2O/c26-18-19-6-8-20(9-7-19)21-10-11-24-22(16-21)17-25(28-24)12-14-27(15-13-25)23-4-2-1-3-5-23/h6-11,16,23H,1-5,12-15,17H2. The third kappa shape index (κ3) is 3.31. The number of hydrogen-bond acceptors (Lipinski definition) is 3. The van der Waals surface area contributed by atoms with Crippen LogP contribution in [0.15, 0.2) is 42.5 Å². The molecule has 0 atom stereocenters. The highest BCUT2D eigenvalue weighted by atomic mass is 16.5. The van der Waals surface area contributed by atoms with E-state index in [0.29, 0.717) is 5.56 Å². The van der Waals surface area contributed by atoms with Crippen molar-refractivity contribution in [2.45, 2.75) is 63.0 Å². The molecule has 0 amide bonds. The molecule has 2 heterocycles. The fourth-order valence-corrected chi connectivity index (χ4v) is 5.37. The fraction of sp³-hybridized carbons (Fsp3) is 0.480. The molecule has 0 radical (unpaired) electrons. The van der Waals surface area contributed by atoms with Crippen molar-refractivity contribution in [3.63, 3.8) is 0 Å². The smallest absolute Gasteiger partial charge is 0.123 e. The Hall–Kier alpha value is -2.31. The molecule has 1 saturated carbocycles. The first-order chi connectivity index (χ1) is 13.7. The fourth-order valence-electron chi connectivity index (χ4n) is 5.37. The summed E-state index contributed by atoms with van der Waals surface area (Å²) >= 11 is 0. The monoisotopic (exact) mass is 372 g/mol. The van der Waals surface area contributed by atoms with Crippen molar-refractivity contribution in [1.29, 1.82) is 5.26 Å². The minimum absolute atomic E-state index is 0.0107. The van der Waals surface area contributed by atoms with Gasteiger partial charge in [0.15, 0.2) is 0 Å². The van der Waals surface area contributed by atoms with Crippen LogP contribution in [0.2, 0.25) is 0 Å². The highest BCUT2D eigenvalue weighted by Crippen LogP contribution is 2.43. The van der Waals surface area contributed by atoms with Crippen LogP contribution < -0.4 is 4.74 Å². The van der Waals surface area contributed by atoms with E-state index in [4.69, 9.17) is 10.00 Å². The zero-order chi connectivity index (χ0) is 19.0. The van der Waals surface area contributed by atoms with Crippen LogP contribution in [0, 0.1) is 11.3 Å². The molecule has 0 unspecified atom stereocenters. The molecule has 0 aromatic heterocycles. The van der Waals surface area contributed by atoms with Gasteiger partial charge in [-0.15, -0.1) is 0 Å². The van der Waals surface area contributed by atoms with Gasteiger partial charge in [0.1, 0.15) is 11.4 Å². The number of nitrogens with zero attached hydrogens (tertiary/aromatic N) is 2. The topological polar surface area (TPSA) is 36.3 Å². The minimum Gasteiger partial charge on any atom is -0.487 e. The first-order valence-electron chi connectivity index (χ1n) is 10.8. The van der Waals surface area contributed by atoms with Gasteiger partial charge in [-0.1, -0.05) is 37.5 Å². The highest BCUT2D eigenvalue weighted by Gasteiger charge is 2.43. The van der Waals surface area contributed by atoms with Crippen molar-refractivity contribution in [3.8, 4) is 22.9 Å². The summed E-state index contributed by atoms with van der Waals surface area (Å²) in [5.74, 6) is 1.07. The molecule has 2 aromatic carbocycles. The van der Waals surface area contributed by atoms with E-state index in [1.807, 2.05) is 24.3 Å². The number of piperidine rings is 1. The predicted octanol–water partition coefficient (Wildman–Crippen LogP) is 5.33. The second kappa shape index (κ2) is 7.26. The Bertz CT molecular complexity index is 882. The summed E-state index contributed by atoms with van der Waals surface area (Å²) < 4.78 is 6.53. The van der Waals surface area contributed by atoms with Crippen molar-refractivity contribution in [1.82, 2.24) is 4.90 Å². The van der Waals surface area contributed by atoms with E-state index in [2.05, 4.69) is 29.2 Å². The van der Waals surface area contributed by atoms with Crippen LogP contribution in [0.3, 0.4) is 0 Å². The molecule has 3 heteroatoms. The van der Waals surface area contributed by atoms with Gasteiger partial charge in [0.25, 0.3) is 0 Å². The van der Waals surface area contributed by atoms with Crippen molar-refractivity contribution >= 4 is 0 Å². The van der Waals surface area contributed by atoms with Crippen molar-refractivity contribution in [2.75, 3.05) is 13.1 Å². The van der Waals surface area contributed by atoms with Gasteiger partial charge >= 0.3 is 0 Å². The quantitative estimate of drug-likeness (QED) is 0.715. The van der Waals surface area contributed by atoms with E-state index in [1.165, 1.54) is 56.3 Å². The molecule has 0 N–H and O–H groups in total. The van der Waals surface area contributed by atoms with Crippen LogP contribution in [-0.4, -0.2) is 29.6 Å². The molecule has 1 aliphatic carbocycles. The molecule has 0 bridgehead atoms.